The van der Waals surface area contributed by atoms with E-state index in [1.54, 1.807) is 36.4 Å². The van der Waals surface area contributed by atoms with E-state index in [0.717, 1.165) is 0 Å². The first kappa shape index (κ1) is 16.4. The van der Waals surface area contributed by atoms with Crippen molar-refractivity contribution in [2.75, 3.05) is 0 Å². The number of esters is 1. The summed E-state index contributed by atoms with van der Waals surface area (Å²) >= 11 is 0. The van der Waals surface area contributed by atoms with Gasteiger partial charge in [-0.1, -0.05) is 60.7 Å². The summed E-state index contributed by atoms with van der Waals surface area (Å²) in [6.07, 6.45) is 0. The molecular formula is C15H16NO5P. The summed E-state index contributed by atoms with van der Waals surface area (Å²) in [5.41, 5.74) is 6.46. The fraction of sp³-hybridized carbons (Fsp3) is 0.133. The van der Waals surface area contributed by atoms with Crippen LogP contribution in [0.5, 0.6) is 0 Å². The molecule has 0 aromatic heterocycles. The standard InChI is InChI=1S/C15H16NO5P/c16-15(22(18,19)20,13-9-5-2-6-10-13)14(17)21-11-12-7-3-1-4-8-12/h1-10H,11,16H2,(H2,18,19,20). The molecule has 0 amide bonds. The smallest absolute Gasteiger partial charge is 0.361 e. The Morgan fingerprint density at radius 3 is 2.05 bits per heavy atom. The monoisotopic (exact) mass is 321 g/mol. The maximum absolute atomic E-state index is 12.2. The summed E-state index contributed by atoms with van der Waals surface area (Å²) in [6.45, 7) is -0.120. The minimum Gasteiger partial charge on any atom is -0.459 e. The number of ether oxygens (including phenoxy) is 1. The molecule has 0 radical (unpaired) electrons. The number of hydrogen-bond donors (Lipinski definition) is 3. The Morgan fingerprint density at radius 1 is 1.05 bits per heavy atom. The molecule has 7 heteroatoms. The van der Waals surface area contributed by atoms with Gasteiger partial charge in [0.2, 0.25) is 5.28 Å². The number of nitrogens with two attached hydrogens (primary N) is 1. The van der Waals surface area contributed by atoms with Crippen LogP contribution in [0.2, 0.25) is 0 Å². The summed E-state index contributed by atoms with van der Waals surface area (Å²) in [5.74, 6) is -1.17. The van der Waals surface area contributed by atoms with Crippen molar-refractivity contribution in [3.8, 4) is 0 Å². The normalized spacial score (nSPS) is 14.1. The maximum Gasteiger partial charge on any atom is 0.361 e. The van der Waals surface area contributed by atoms with E-state index < -0.39 is 18.8 Å². The summed E-state index contributed by atoms with van der Waals surface area (Å²) in [5, 5.41) is -2.52. The van der Waals surface area contributed by atoms with Gasteiger partial charge in [0.05, 0.1) is 0 Å². The van der Waals surface area contributed by atoms with Gasteiger partial charge in [-0.15, -0.1) is 0 Å². The van der Waals surface area contributed by atoms with Crippen molar-refractivity contribution in [2.45, 2.75) is 11.9 Å². The largest absolute Gasteiger partial charge is 0.459 e. The van der Waals surface area contributed by atoms with Crippen LogP contribution < -0.4 is 5.73 Å². The first-order valence-electron chi connectivity index (χ1n) is 6.47. The van der Waals surface area contributed by atoms with Crippen LogP contribution in [0, 0.1) is 0 Å². The van der Waals surface area contributed by atoms with Gasteiger partial charge in [-0.2, -0.15) is 0 Å². The summed E-state index contributed by atoms with van der Waals surface area (Å²) < 4.78 is 16.8. The average Bonchev–Trinajstić information content (AvgIpc) is 2.52. The fourth-order valence-electron chi connectivity index (χ4n) is 1.93. The molecule has 2 rings (SSSR count). The van der Waals surface area contributed by atoms with Crippen molar-refractivity contribution in [3.63, 3.8) is 0 Å². The van der Waals surface area contributed by atoms with Gasteiger partial charge in [0.1, 0.15) is 6.61 Å². The van der Waals surface area contributed by atoms with Crippen LogP contribution >= 0.6 is 7.60 Å². The lowest BCUT2D eigenvalue weighted by molar-refractivity contribution is -0.149. The molecule has 0 saturated carbocycles. The summed E-state index contributed by atoms with van der Waals surface area (Å²) in [6, 6.07) is 16.3. The van der Waals surface area contributed by atoms with E-state index in [2.05, 4.69) is 0 Å². The fourth-order valence-corrected chi connectivity index (χ4v) is 2.72. The van der Waals surface area contributed by atoms with Gasteiger partial charge >= 0.3 is 13.6 Å². The minimum absolute atomic E-state index is 0.00129. The van der Waals surface area contributed by atoms with E-state index in [-0.39, 0.29) is 12.2 Å². The lowest BCUT2D eigenvalue weighted by Crippen LogP contribution is -2.45. The Kier molecular flexibility index (Phi) is 4.78. The highest BCUT2D eigenvalue weighted by Gasteiger charge is 2.53. The molecule has 0 heterocycles. The Labute approximate surface area is 127 Å². The van der Waals surface area contributed by atoms with Gasteiger partial charge in [0.15, 0.2) is 0 Å². The molecule has 0 spiro atoms. The Morgan fingerprint density at radius 2 is 1.55 bits per heavy atom. The highest BCUT2D eigenvalue weighted by molar-refractivity contribution is 7.54. The van der Waals surface area contributed by atoms with Crippen molar-refractivity contribution in [1.82, 2.24) is 0 Å². The quantitative estimate of drug-likeness (QED) is 0.571. The van der Waals surface area contributed by atoms with Gasteiger partial charge in [-0.05, 0) is 11.1 Å². The van der Waals surface area contributed by atoms with Gasteiger partial charge in [-0.3, -0.25) is 4.57 Å². The van der Waals surface area contributed by atoms with E-state index in [0.29, 0.717) is 5.56 Å². The van der Waals surface area contributed by atoms with E-state index in [1.165, 1.54) is 24.3 Å². The van der Waals surface area contributed by atoms with Crippen LogP contribution in [0.1, 0.15) is 11.1 Å². The third-order valence-corrected chi connectivity index (χ3v) is 4.56. The van der Waals surface area contributed by atoms with E-state index in [1.807, 2.05) is 0 Å². The third-order valence-electron chi connectivity index (χ3n) is 3.20. The van der Waals surface area contributed by atoms with Gasteiger partial charge in [0, 0.05) is 0 Å². The predicted octanol–water partition coefficient (Wildman–Crippen LogP) is 1.72. The number of benzene rings is 2. The molecule has 0 aliphatic carbocycles. The number of hydrogen-bond acceptors (Lipinski definition) is 4. The molecule has 0 aliphatic rings. The van der Waals surface area contributed by atoms with Crippen LogP contribution in [-0.4, -0.2) is 15.8 Å². The Bertz CT molecular complexity index is 686. The van der Waals surface area contributed by atoms with Crippen molar-refractivity contribution >= 4 is 13.6 Å². The predicted molar refractivity (Wildman–Crippen MR) is 80.6 cm³/mol. The SMILES string of the molecule is NC(C(=O)OCc1ccccc1)(c1ccccc1)P(=O)(O)O. The second-order valence-electron chi connectivity index (χ2n) is 4.74. The van der Waals surface area contributed by atoms with Crippen molar-refractivity contribution in [2.24, 2.45) is 5.73 Å². The zero-order chi connectivity index (χ0) is 16.2. The van der Waals surface area contributed by atoms with Crippen molar-refractivity contribution < 1.29 is 23.9 Å². The molecule has 0 saturated heterocycles. The van der Waals surface area contributed by atoms with E-state index in [4.69, 9.17) is 10.5 Å². The van der Waals surface area contributed by atoms with Crippen LogP contribution in [-0.2, 0) is 26.0 Å². The highest BCUT2D eigenvalue weighted by Crippen LogP contribution is 2.54. The average molecular weight is 321 g/mol. The molecule has 116 valence electrons. The van der Waals surface area contributed by atoms with Gasteiger partial charge < -0.3 is 20.3 Å². The molecular weight excluding hydrogens is 305 g/mol. The Hall–Kier alpha value is -1.98. The second kappa shape index (κ2) is 6.42. The molecule has 4 N–H and O–H groups in total. The molecule has 0 fully saturated rings. The van der Waals surface area contributed by atoms with Crippen LogP contribution in [0.15, 0.2) is 60.7 Å². The molecule has 0 bridgehead atoms. The first-order valence-corrected chi connectivity index (χ1v) is 8.08. The molecule has 1 unspecified atom stereocenters. The maximum atomic E-state index is 12.2. The van der Waals surface area contributed by atoms with Crippen LogP contribution in [0.25, 0.3) is 0 Å². The van der Waals surface area contributed by atoms with Crippen molar-refractivity contribution in [3.05, 3.63) is 71.8 Å². The molecule has 2 aromatic carbocycles. The number of carbonyl (C=O) groups excluding carboxylic acids is 1. The highest BCUT2D eigenvalue weighted by atomic mass is 31.2. The van der Waals surface area contributed by atoms with E-state index >= 15 is 0 Å². The van der Waals surface area contributed by atoms with Crippen LogP contribution in [0.3, 0.4) is 0 Å². The molecule has 1 atom stereocenters. The first-order chi connectivity index (χ1) is 10.4. The third kappa shape index (κ3) is 3.26. The number of carbonyl (C=O) groups is 1. The second-order valence-corrected chi connectivity index (χ2v) is 6.53. The lowest BCUT2D eigenvalue weighted by atomic mass is 10.1. The van der Waals surface area contributed by atoms with Crippen LogP contribution in [0.4, 0.5) is 0 Å². The molecule has 22 heavy (non-hydrogen) atoms. The molecule has 2 aromatic rings. The number of rotatable bonds is 5. The van der Waals surface area contributed by atoms with Crippen molar-refractivity contribution in [1.29, 1.82) is 0 Å². The van der Waals surface area contributed by atoms with Gasteiger partial charge in [-0.25, -0.2) is 4.79 Å². The zero-order valence-electron chi connectivity index (χ0n) is 11.6. The lowest BCUT2D eigenvalue weighted by Gasteiger charge is -2.28. The van der Waals surface area contributed by atoms with E-state index in [9.17, 15) is 19.1 Å². The topological polar surface area (TPSA) is 110 Å². The zero-order valence-corrected chi connectivity index (χ0v) is 12.5. The molecule has 6 nitrogen and oxygen atoms in total. The summed E-state index contributed by atoms with van der Waals surface area (Å²) in [7, 11) is -4.98. The molecule has 0 aliphatic heterocycles. The minimum atomic E-state index is -4.98. The summed E-state index contributed by atoms with van der Waals surface area (Å²) in [4.78, 5) is 31.3. The van der Waals surface area contributed by atoms with Gasteiger partial charge in [0.25, 0.3) is 0 Å². The Balaban J connectivity index is 2.27.